The highest BCUT2D eigenvalue weighted by Crippen LogP contribution is 2.32. The number of rotatable bonds is 2. The van der Waals surface area contributed by atoms with Crippen LogP contribution in [0.3, 0.4) is 0 Å². The lowest BCUT2D eigenvalue weighted by atomic mass is 10.2. The zero-order valence-corrected chi connectivity index (χ0v) is 7.74. The number of hydrogen-bond donors (Lipinski definition) is 3. The van der Waals surface area contributed by atoms with Crippen LogP contribution in [0.2, 0.25) is 0 Å². The first-order valence-corrected chi connectivity index (χ1v) is 4.00. The van der Waals surface area contributed by atoms with E-state index in [0.717, 1.165) is 0 Å². The van der Waals surface area contributed by atoms with Crippen molar-refractivity contribution in [2.75, 3.05) is 5.32 Å². The third-order valence-electron chi connectivity index (χ3n) is 1.65. The number of carbonyl (C=O) groups excluding carboxylic acids is 1. The lowest BCUT2D eigenvalue weighted by Gasteiger charge is -2.07. The number of carbonyl (C=O) groups is 1. The summed E-state index contributed by atoms with van der Waals surface area (Å²) in [5.41, 5.74) is 0.491. The molecule has 14 heavy (non-hydrogen) atoms. The summed E-state index contributed by atoms with van der Waals surface area (Å²) in [5.74, 6) is -1.02. The highest BCUT2D eigenvalue weighted by atomic mass is 16.3. The van der Waals surface area contributed by atoms with Gasteiger partial charge in [-0.1, -0.05) is 12.6 Å². The fourth-order valence-corrected chi connectivity index (χ4v) is 0.861. The van der Waals surface area contributed by atoms with Gasteiger partial charge >= 0.3 is 0 Å². The Balaban J connectivity index is 2.93. The van der Waals surface area contributed by atoms with Crippen LogP contribution in [0, 0.1) is 0 Å². The van der Waals surface area contributed by atoms with E-state index in [1.54, 1.807) is 6.92 Å². The van der Waals surface area contributed by atoms with Gasteiger partial charge in [0.15, 0.2) is 11.5 Å². The normalized spacial score (nSPS) is 9.50. The predicted molar refractivity (Wildman–Crippen MR) is 53.2 cm³/mol. The molecule has 0 unspecified atom stereocenters. The van der Waals surface area contributed by atoms with Gasteiger partial charge in [0.1, 0.15) is 0 Å². The first kappa shape index (κ1) is 10.1. The number of phenols is 2. The second-order valence-corrected chi connectivity index (χ2v) is 2.91. The molecule has 0 heterocycles. The number of para-hydroxylation sites is 1. The maximum atomic E-state index is 11.2. The molecule has 0 aliphatic rings. The quantitative estimate of drug-likeness (QED) is 0.493. The van der Waals surface area contributed by atoms with Crippen molar-refractivity contribution in [1.29, 1.82) is 0 Å². The minimum atomic E-state index is -0.397. The first-order valence-electron chi connectivity index (χ1n) is 4.00. The maximum absolute atomic E-state index is 11.2. The number of benzene rings is 1. The molecule has 0 fully saturated rings. The summed E-state index contributed by atoms with van der Waals surface area (Å²) in [4.78, 5) is 11.2. The van der Waals surface area contributed by atoms with Crippen LogP contribution in [0.15, 0.2) is 30.4 Å². The number of phenolic OH excluding ortho intramolecular Hbond substituents is 2. The monoisotopic (exact) mass is 193 g/mol. The van der Waals surface area contributed by atoms with Crippen molar-refractivity contribution >= 4 is 11.6 Å². The Morgan fingerprint density at radius 3 is 2.64 bits per heavy atom. The minimum absolute atomic E-state index is 0.165. The Labute approximate surface area is 81.5 Å². The van der Waals surface area contributed by atoms with Crippen LogP contribution in [0.1, 0.15) is 6.92 Å². The SMILES string of the molecule is C=C(C)C(=O)Nc1cccc(O)c1O. The van der Waals surface area contributed by atoms with Gasteiger partial charge in [-0.2, -0.15) is 0 Å². The third kappa shape index (κ3) is 2.04. The molecule has 0 radical (unpaired) electrons. The molecule has 1 rings (SSSR count). The molecule has 0 saturated carbocycles. The molecule has 0 aromatic heterocycles. The van der Waals surface area contributed by atoms with Crippen molar-refractivity contribution < 1.29 is 15.0 Å². The molecular formula is C10H11NO3. The Hall–Kier alpha value is -1.97. The molecule has 0 bridgehead atoms. The molecule has 0 saturated heterocycles. The van der Waals surface area contributed by atoms with Gasteiger partial charge < -0.3 is 15.5 Å². The maximum Gasteiger partial charge on any atom is 0.250 e. The molecule has 0 aliphatic carbocycles. The molecule has 0 aliphatic heterocycles. The van der Waals surface area contributed by atoms with E-state index in [2.05, 4.69) is 11.9 Å². The predicted octanol–water partition coefficient (Wildman–Crippen LogP) is 1.61. The zero-order valence-electron chi connectivity index (χ0n) is 7.74. The van der Waals surface area contributed by atoms with Gasteiger partial charge in [-0.3, -0.25) is 4.79 Å². The molecule has 74 valence electrons. The van der Waals surface area contributed by atoms with E-state index in [-0.39, 0.29) is 17.2 Å². The molecule has 1 aromatic carbocycles. The van der Waals surface area contributed by atoms with Crippen molar-refractivity contribution in [3.63, 3.8) is 0 Å². The third-order valence-corrected chi connectivity index (χ3v) is 1.65. The van der Waals surface area contributed by atoms with E-state index in [1.165, 1.54) is 18.2 Å². The molecule has 1 amide bonds. The lowest BCUT2D eigenvalue weighted by molar-refractivity contribution is -0.112. The second kappa shape index (κ2) is 3.83. The molecule has 1 aromatic rings. The van der Waals surface area contributed by atoms with Gasteiger partial charge in [-0.25, -0.2) is 0 Å². The van der Waals surface area contributed by atoms with E-state index in [0.29, 0.717) is 5.57 Å². The smallest absolute Gasteiger partial charge is 0.250 e. The molecule has 4 nitrogen and oxygen atoms in total. The van der Waals surface area contributed by atoms with Crippen molar-refractivity contribution in [1.82, 2.24) is 0 Å². The minimum Gasteiger partial charge on any atom is -0.504 e. The van der Waals surface area contributed by atoms with Crippen LogP contribution >= 0.6 is 0 Å². The Morgan fingerprint density at radius 2 is 2.07 bits per heavy atom. The highest BCUT2D eigenvalue weighted by molar-refractivity contribution is 6.03. The Morgan fingerprint density at radius 1 is 1.43 bits per heavy atom. The topological polar surface area (TPSA) is 69.6 Å². The van der Waals surface area contributed by atoms with Crippen molar-refractivity contribution in [3.8, 4) is 11.5 Å². The summed E-state index contributed by atoms with van der Waals surface area (Å²) in [6, 6.07) is 4.32. The van der Waals surface area contributed by atoms with Gasteiger partial charge in [0.2, 0.25) is 0 Å². The average Bonchev–Trinajstić information content (AvgIpc) is 2.12. The van der Waals surface area contributed by atoms with E-state index < -0.39 is 5.91 Å². The standard InChI is InChI=1S/C10H11NO3/c1-6(2)10(14)11-7-4-3-5-8(12)9(7)13/h3-5,12-13H,1H2,2H3,(H,11,14). The zero-order chi connectivity index (χ0) is 10.7. The van der Waals surface area contributed by atoms with Gasteiger partial charge in [-0.15, -0.1) is 0 Å². The largest absolute Gasteiger partial charge is 0.504 e. The number of amides is 1. The van der Waals surface area contributed by atoms with Gasteiger partial charge in [-0.05, 0) is 19.1 Å². The van der Waals surface area contributed by atoms with Crippen LogP contribution in [-0.2, 0) is 4.79 Å². The van der Waals surface area contributed by atoms with Crippen LogP contribution in [0.25, 0.3) is 0 Å². The Kier molecular flexibility index (Phi) is 2.76. The number of hydrogen-bond acceptors (Lipinski definition) is 3. The summed E-state index contributed by atoms with van der Waals surface area (Å²) in [5, 5.41) is 20.9. The van der Waals surface area contributed by atoms with Crippen molar-refractivity contribution in [2.24, 2.45) is 0 Å². The molecule has 0 spiro atoms. The highest BCUT2D eigenvalue weighted by Gasteiger charge is 2.08. The summed E-state index contributed by atoms with van der Waals surface area (Å²) < 4.78 is 0. The van der Waals surface area contributed by atoms with E-state index in [4.69, 9.17) is 5.11 Å². The Bertz CT molecular complexity index is 385. The van der Waals surface area contributed by atoms with Crippen LogP contribution in [0.5, 0.6) is 11.5 Å². The van der Waals surface area contributed by atoms with Crippen LogP contribution in [0.4, 0.5) is 5.69 Å². The summed E-state index contributed by atoms with van der Waals surface area (Å²) in [6.45, 7) is 5.00. The van der Waals surface area contributed by atoms with E-state index in [9.17, 15) is 9.90 Å². The first-order chi connectivity index (χ1) is 6.52. The molecular weight excluding hydrogens is 182 g/mol. The average molecular weight is 193 g/mol. The van der Waals surface area contributed by atoms with Crippen molar-refractivity contribution in [3.05, 3.63) is 30.4 Å². The van der Waals surface area contributed by atoms with Gasteiger partial charge in [0.05, 0.1) is 5.69 Å². The summed E-state index contributed by atoms with van der Waals surface area (Å²) in [7, 11) is 0. The number of anilines is 1. The fourth-order valence-electron chi connectivity index (χ4n) is 0.861. The van der Waals surface area contributed by atoms with Crippen molar-refractivity contribution in [2.45, 2.75) is 6.92 Å². The van der Waals surface area contributed by atoms with E-state index in [1.807, 2.05) is 0 Å². The fraction of sp³-hybridized carbons (Fsp3) is 0.100. The van der Waals surface area contributed by atoms with Crippen LogP contribution < -0.4 is 5.32 Å². The summed E-state index contributed by atoms with van der Waals surface area (Å²) in [6.07, 6.45) is 0. The number of nitrogens with one attached hydrogen (secondary N) is 1. The van der Waals surface area contributed by atoms with Crippen LogP contribution in [-0.4, -0.2) is 16.1 Å². The van der Waals surface area contributed by atoms with Gasteiger partial charge in [0, 0.05) is 5.57 Å². The molecule has 3 N–H and O–H groups in total. The molecule has 4 heteroatoms. The lowest BCUT2D eigenvalue weighted by Crippen LogP contribution is -2.11. The van der Waals surface area contributed by atoms with E-state index >= 15 is 0 Å². The second-order valence-electron chi connectivity index (χ2n) is 2.91. The molecule has 0 atom stereocenters. The van der Waals surface area contributed by atoms with Gasteiger partial charge in [0.25, 0.3) is 5.91 Å². The number of aromatic hydroxyl groups is 2. The summed E-state index contributed by atoms with van der Waals surface area (Å²) >= 11 is 0.